The first kappa shape index (κ1) is 27.1. The average Bonchev–Trinajstić information content (AvgIpc) is 2.74. The van der Waals surface area contributed by atoms with Gasteiger partial charge in [-0.15, -0.1) is 0 Å². The number of carbonyl (C=O) groups is 3. The molecule has 8 heteroatoms. The van der Waals surface area contributed by atoms with E-state index in [2.05, 4.69) is 31.2 Å². The van der Waals surface area contributed by atoms with Crippen molar-refractivity contribution in [1.29, 1.82) is 0 Å². The number of carbonyl (C=O) groups excluding carboxylic acids is 3. The Kier molecular flexibility index (Phi) is 11.1. The Hall–Kier alpha value is -2.19. The Morgan fingerprint density at radius 2 is 1.39 bits per heavy atom. The van der Waals surface area contributed by atoms with Crippen molar-refractivity contribution in [1.82, 2.24) is 0 Å². The van der Waals surface area contributed by atoms with Crippen LogP contribution >= 0.6 is 0 Å². The summed E-state index contributed by atoms with van der Waals surface area (Å²) in [5.74, 6) is -1.38. The van der Waals surface area contributed by atoms with Crippen molar-refractivity contribution in [3.63, 3.8) is 0 Å². The summed E-state index contributed by atoms with van der Waals surface area (Å²) in [5, 5.41) is 0. The third kappa shape index (κ3) is 9.68. The van der Waals surface area contributed by atoms with E-state index < -0.39 is 26.7 Å². The Morgan fingerprint density at radius 1 is 0.848 bits per heavy atom. The second-order valence-electron chi connectivity index (χ2n) is 8.76. The second-order valence-corrected chi connectivity index (χ2v) is 11.2. The van der Waals surface area contributed by atoms with Crippen molar-refractivity contribution in [2.45, 2.75) is 97.1 Å². The van der Waals surface area contributed by atoms with Crippen molar-refractivity contribution in [3.8, 4) is 0 Å². The lowest BCUT2D eigenvalue weighted by atomic mass is 9.82. The summed E-state index contributed by atoms with van der Waals surface area (Å²) in [7, 11) is -3.77. The van der Waals surface area contributed by atoms with Gasteiger partial charge in [-0.05, 0) is 62.0 Å². The van der Waals surface area contributed by atoms with Crippen molar-refractivity contribution in [3.05, 3.63) is 35.4 Å². The standard InChI is InChI=1S/C25H38O7Si/c1-5-6-8-22-9-11-23(12-10-22)24-13-15-25(16-14-24)29-17-7-18-33(30-19(2)26,31-20(3)27)32-21(4)28/h9-12,24-25H,5-8,13-18H2,1-4H3. The molecule has 0 N–H and O–H groups in total. The van der Waals surface area contributed by atoms with Crippen LogP contribution in [0.25, 0.3) is 0 Å². The van der Waals surface area contributed by atoms with Gasteiger partial charge in [-0.25, -0.2) is 0 Å². The fraction of sp³-hybridized carbons (Fsp3) is 0.640. The van der Waals surface area contributed by atoms with Crippen LogP contribution in [-0.2, 0) is 38.8 Å². The zero-order valence-corrected chi connectivity index (χ0v) is 21.4. The molecule has 184 valence electrons. The van der Waals surface area contributed by atoms with Gasteiger partial charge in [-0.2, -0.15) is 0 Å². The van der Waals surface area contributed by atoms with E-state index in [9.17, 15) is 14.4 Å². The summed E-state index contributed by atoms with van der Waals surface area (Å²) in [6.07, 6.45) is 8.38. The molecule has 0 aliphatic heterocycles. The maximum Gasteiger partial charge on any atom is 0.705 e. The van der Waals surface area contributed by atoms with Gasteiger partial charge in [0, 0.05) is 27.4 Å². The molecule has 0 saturated heterocycles. The quantitative estimate of drug-likeness (QED) is 0.305. The van der Waals surface area contributed by atoms with E-state index in [1.165, 1.54) is 44.7 Å². The normalized spacial score (nSPS) is 18.4. The lowest BCUT2D eigenvalue weighted by Gasteiger charge is -2.29. The van der Waals surface area contributed by atoms with Crippen LogP contribution in [0.2, 0.25) is 6.04 Å². The van der Waals surface area contributed by atoms with Gasteiger partial charge in [0.15, 0.2) is 0 Å². The Bertz CT molecular complexity index is 729. The van der Waals surface area contributed by atoms with Gasteiger partial charge in [0.25, 0.3) is 17.9 Å². The zero-order chi connectivity index (χ0) is 24.3. The second kappa shape index (κ2) is 13.5. The fourth-order valence-corrected chi connectivity index (χ4v) is 6.63. The van der Waals surface area contributed by atoms with Crippen LogP contribution in [0.15, 0.2) is 24.3 Å². The minimum absolute atomic E-state index is 0.144. The maximum atomic E-state index is 11.5. The van der Waals surface area contributed by atoms with Gasteiger partial charge < -0.3 is 18.0 Å². The molecule has 0 radical (unpaired) electrons. The number of rotatable bonds is 12. The van der Waals surface area contributed by atoms with Gasteiger partial charge in [0.05, 0.1) is 12.1 Å². The van der Waals surface area contributed by atoms with Crippen LogP contribution < -0.4 is 0 Å². The lowest BCUT2D eigenvalue weighted by Crippen LogP contribution is -2.49. The summed E-state index contributed by atoms with van der Waals surface area (Å²) in [6, 6.07) is 9.23. The molecular formula is C25H38O7Si. The molecular weight excluding hydrogens is 440 g/mol. The number of aryl methyl sites for hydroxylation is 1. The van der Waals surface area contributed by atoms with Crippen LogP contribution in [0.5, 0.6) is 0 Å². The van der Waals surface area contributed by atoms with Gasteiger partial charge >= 0.3 is 8.80 Å². The molecule has 33 heavy (non-hydrogen) atoms. The molecule has 2 rings (SSSR count). The van der Waals surface area contributed by atoms with E-state index in [-0.39, 0.29) is 12.1 Å². The molecule has 0 amide bonds. The molecule has 0 atom stereocenters. The molecule has 1 saturated carbocycles. The SMILES string of the molecule is CCCCc1ccc(C2CCC(OCCC[Si](OC(C)=O)(OC(C)=O)OC(C)=O)CC2)cc1. The Balaban J connectivity index is 1.79. The molecule has 0 unspecified atom stereocenters. The molecule has 0 spiro atoms. The van der Waals surface area contributed by atoms with Gasteiger partial charge in [0.2, 0.25) is 0 Å². The minimum Gasteiger partial charge on any atom is -0.455 e. The van der Waals surface area contributed by atoms with E-state index in [4.69, 9.17) is 18.0 Å². The molecule has 1 aromatic rings. The molecule has 0 heterocycles. The van der Waals surface area contributed by atoms with Crippen LogP contribution in [0, 0.1) is 0 Å². The van der Waals surface area contributed by atoms with E-state index in [1.807, 2.05) is 0 Å². The highest BCUT2D eigenvalue weighted by Crippen LogP contribution is 2.34. The molecule has 1 aromatic carbocycles. The van der Waals surface area contributed by atoms with E-state index in [0.717, 1.165) is 32.1 Å². The van der Waals surface area contributed by atoms with Crippen LogP contribution in [0.1, 0.15) is 89.7 Å². The summed E-state index contributed by atoms with van der Waals surface area (Å²) >= 11 is 0. The van der Waals surface area contributed by atoms with E-state index in [1.54, 1.807) is 0 Å². The smallest absolute Gasteiger partial charge is 0.455 e. The number of ether oxygens (including phenoxy) is 1. The topological polar surface area (TPSA) is 88.1 Å². The lowest BCUT2D eigenvalue weighted by molar-refractivity contribution is -0.147. The summed E-state index contributed by atoms with van der Waals surface area (Å²) in [6.45, 7) is 6.22. The molecule has 1 aliphatic carbocycles. The minimum atomic E-state index is -3.77. The fourth-order valence-electron chi connectivity index (χ4n) is 4.31. The highest BCUT2D eigenvalue weighted by atomic mass is 28.4. The molecule has 0 bridgehead atoms. The first-order chi connectivity index (χ1) is 15.7. The van der Waals surface area contributed by atoms with Gasteiger partial charge in [-0.3, -0.25) is 14.4 Å². The summed E-state index contributed by atoms with van der Waals surface area (Å²) in [5.41, 5.74) is 2.82. The molecule has 1 aliphatic rings. The van der Waals surface area contributed by atoms with Crippen molar-refractivity contribution in [2.75, 3.05) is 6.61 Å². The first-order valence-corrected chi connectivity index (χ1v) is 14.0. The zero-order valence-electron chi connectivity index (χ0n) is 20.4. The summed E-state index contributed by atoms with van der Waals surface area (Å²) in [4.78, 5) is 34.5. The number of hydrogen-bond acceptors (Lipinski definition) is 7. The van der Waals surface area contributed by atoms with Crippen molar-refractivity contribution >= 4 is 26.7 Å². The van der Waals surface area contributed by atoms with Crippen molar-refractivity contribution in [2.24, 2.45) is 0 Å². The first-order valence-electron chi connectivity index (χ1n) is 12.0. The van der Waals surface area contributed by atoms with E-state index in [0.29, 0.717) is 18.9 Å². The van der Waals surface area contributed by atoms with E-state index >= 15 is 0 Å². The third-order valence-corrected chi connectivity index (χ3v) is 8.58. The predicted molar refractivity (Wildman–Crippen MR) is 126 cm³/mol. The number of benzene rings is 1. The maximum absolute atomic E-state index is 11.5. The largest absolute Gasteiger partial charge is 0.705 e. The third-order valence-electron chi connectivity index (χ3n) is 5.82. The predicted octanol–water partition coefficient (Wildman–Crippen LogP) is 5.09. The monoisotopic (exact) mass is 478 g/mol. The number of unbranched alkanes of at least 4 members (excludes halogenated alkanes) is 1. The summed E-state index contributed by atoms with van der Waals surface area (Å²) < 4.78 is 21.7. The number of hydrogen-bond donors (Lipinski definition) is 0. The highest BCUT2D eigenvalue weighted by Gasteiger charge is 2.51. The van der Waals surface area contributed by atoms with Gasteiger partial charge in [0.1, 0.15) is 0 Å². The molecule has 0 aromatic heterocycles. The molecule has 7 nitrogen and oxygen atoms in total. The van der Waals surface area contributed by atoms with Crippen LogP contribution in [0.3, 0.4) is 0 Å². The highest BCUT2D eigenvalue weighted by molar-refractivity contribution is 6.65. The average molecular weight is 479 g/mol. The Labute approximate surface area is 198 Å². The van der Waals surface area contributed by atoms with Crippen molar-refractivity contribution < 1.29 is 32.4 Å². The van der Waals surface area contributed by atoms with Crippen LogP contribution in [0.4, 0.5) is 0 Å². The molecule has 1 fully saturated rings. The van der Waals surface area contributed by atoms with Gasteiger partial charge in [-0.1, -0.05) is 37.6 Å². The Morgan fingerprint density at radius 3 is 1.88 bits per heavy atom. The van der Waals surface area contributed by atoms with Crippen LogP contribution in [-0.4, -0.2) is 39.4 Å².